The third-order valence-electron chi connectivity index (χ3n) is 2.29. The molecule has 0 aliphatic carbocycles. The predicted molar refractivity (Wildman–Crippen MR) is 68.0 cm³/mol. The number of hydrogen-bond donors (Lipinski definition) is 1. The number of aromatic nitrogens is 2. The van der Waals surface area contributed by atoms with Crippen molar-refractivity contribution in [2.75, 3.05) is 11.9 Å². The van der Waals surface area contributed by atoms with Gasteiger partial charge in [0.25, 0.3) is 0 Å². The maximum Gasteiger partial charge on any atom is 0.316 e. The molecule has 91 valence electrons. The largest absolute Gasteiger partial charge is 0.464 e. The van der Waals surface area contributed by atoms with E-state index in [1.165, 1.54) is 0 Å². The lowest BCUT2D eigenvalue weighted by atomic mass is 10.1. The van der Waals surface area contributed by atoms with Gasteiger partial charge in [0.2, 0.25) is 0 Å². The van der Waals surface area contributed by atoms with E-state index in [0.717, 1.165) is 11.1 Å². The lowest BCUT2D eigenvalue weighted by Crippen LogP contribution is -1.97. The van der Waals surface area contributed by atoms with Crippen molar-refractivity contribution in [2.45, 2.75) is 6.92 Å². The van der Waals surface area contributed by atoms with Crippen molar-refractivity contribution in [1.29, 1.82) is 0 Å². The van der Waals surface area contributed by atoms with Crippen LogP contribution in [-0.4, -0.2) is 23.0 Å². The lowest BCUT2D eigenvalue weighted by Gasteiger charge is -2.04. The van der Waals surface area contributed by atoms with Crippen LogP contribution in [0.5, 0.6) is 6.01 Å². The summed E-state index contributed by atoms with van der Waals surface area (Å²) in [6.07, 6.45) is 5.00. The molecular formula is C13H12N3O2. The van der Waals surface area contributed by atoms with Crippen molar-refractivity contribution in [2.24, 2.45) is 0 Å². The molecule has 18 heavy (non-hydrogen) atoms. The quantitative estimate of drug-likeness (QED) is 0.815. The lowest BCUT2D eigenvalue weighted by molar-refractivity contribution is 0.312. The summed E-state index contributed by atoms with van der Waals surface area (Å²) in [6.45, 7) is 2.41. The molecule has 0 aliphatic rings. The van der Waals surface area contributed by atoms with Crippen molar-refractivity contribution >= 4 is 12.1 Å². The van der Waals surface area contributed by atoms with Gasteiger partial charge in [0, 0.05) is 23.6 Å². The average molecular weight is 242 g/mol. The number of nitrogens with one attached hydrogen (secondary N) is 1. The number of hydrogen-bond acceptors (Lipinski definition) is 4. The number of nitrogens with zero attached hydrogens (tertiary/aromatic N) is 2. The fraction of sp³-hybridized carbons (Fsp3) is 0.154. The Kier molecular flexibility index (Phi) is 3.86. The second-order valence-corrected chi connectivity index (χ2v) is 3.50. The average Bonchev–Trinajstić information content (AvgIpc) is 2.41. The fourth-order valence-corrected chi connectivity index (χ4v) is 1.50. The normalized spacial score (nSPS) is 9.83. The van der Waals surface area contributed by atoms with Crippen LogP contribution in [-0.2, 0) is 4.79 Å². The Morgan fingerprint density at radius 2 is 2.06 bits per heavy atom. The minimum atomic E-state index is 0.358. The molecule has 0 saturated carbocycles. The summed E-state index contributed by atoms with van der Waals surface area (Å²) >= 11 is 0. The number of rotatable bonds is 5. The zero-order valence-corrected chi connectivity index (χ0v) is 9.88. The summed E-state index contributed by atoms with van der Waals surface area (Å²) < 4.78 is 5.17. The van der Waals surface area contributed by atoms with Gasteiger partial charge >= 0.3 is 12.4 Å². The van der Waals surface area contributed by atoms with Gasteiger partial charge in [0.1, 0.15) is 0 Å². The highest BCUT2D eigenvalue weighted by atomic mass is 16.5. The summed E-state index contributed by atoms with van der Waals surface area (Å²) in [5.74, 6) is 0. The monoisotopic (exact) mass is 242 g/mol. The zero-order valence-electron chi connectivity index (χ0n) is 9.88. The summed E-state index contributed by atoms with van der Waals surface area (Å²) in [5, 5.41) is 2.48. The molecule has 0 bridgehead atoms. The molecule has 0 spiro atoms. The third kappa shape index (κ3) is 2.82. The molecule has 1 N–H and O–H groups in total. The second kappa shape index (κ2) is 5.77. The number of carbonyl (C=O) groups excluding carboxylic acids is 1. The topological polar surface area (TPSA) is 64.1 Å². The predicted octanol–water partition coefficient (Wildman–Crippen LogP) is 2.02. The summed E-state index contributed by atoms with van der Waals surface area (Å²) in [4.78, 5) is 18.4. The minimum Gasteiger partial charge on any atom is -0.464 e. The van der Waals surface area contributed by atoms with Gasteiger partial charge in [-0.3, -0.25) is 4.79 Å². The first-order valence-corrected chi connectivity index (χ1v) is 5.52. The highest BCUT2D eigenvalue weighted by Crippen LogP contribution is 2.21. The molecule has 0 saturated heterocycles. The van der Waals surface area contributed by atoms with Crippen LogP contribution in [0.25, 0.3) is 11.1 Å². The Bertz CT molecular complexity index is 526. The number of benzene rings is 1. The van der Waals surface area contributed by atoms with E-state index < -0.39 is 0 Å². The third-order valence-corrected chi connectivity index (χ3v) is 2.29. The first-order chi connectivity index (χ1) is 8.83. The van der Waals surface area contributed by atoms with Crippen molar-refractivity contribution in [3.8, 4) is 17.1 Å². The summed E-state index contributed by atoms with van der Waals surface area (Å²) in [6, 6.07) is 7.71. The maximum atomic E-state index is 10.3. The van der Waals surface area contributed by atoms with Gasteiger partial charge in [-0.05, 0) is 24.6 Å². The van der Waals surface area contributed by atoms with Crippen molar-refractivity contribution in [1.82, 2.24) is 9.97 Å². The van der Waals surface area contributed by atoms with Crippen LogP contribution in [0.2, 0.25) is 0 Å². The summed E-state index contributed by atoms with van der Waals surface area (Å²) in [5.41, 5.74) is 2.45. The second-order valence-electron chi connectivity index (χ2n) is 3.50. The minimum absolute atomic E-state index is 0.358. The van der Waals surface area contributed by atoms with Gasteiger partial charge in [-0.25, -0.2) is 9.97 Å². The van der Waals surface area contributed by atoms with E-state index in [4.69, 9.17) is 4.74 Å². The van der Waals surface area contributed by atoms with Crippen LogP contribution in [0.15, 0.2) is 36.7 Å². The molecule has 1 amide bonds. The van der Waals surface area contributed by atoms with Gasteiger partial charge in [-0.2, -0.15) is 0 Å². The van der Waals surface area contributed by atoms with Gasteiger partial charge in [-0.1, -0.05) is 12.1 Å². The van der Waals surface area contributed by atoms with Crippen LogP contribution >= 0.6 is 0 Å². The molecule has 2 rings (SSSR count). The molecule has 2 aromatic rings. The van der Waals surface area contributed by atoms with E-state index in [9.17, 15) is 4.79 Å². The fourth-order valence-electron chi connectivity index (χ4n) is 1.50. The van der Waals surface area contributed by atoms with Crippen LogP contribution in [0.3, 0.4) is 0 Å². The Hall–Kier alpha value is -2.43. The van der Waals surface area contributed by atoms with Crippen molar-refractivity contribution in [3.05, 3.63) is 36.7 Å². The molecule has 0 fully saturated rings. The smallest absolute Gasteiger partial charge is 0.316 e. The molecule has 5 heteroatoms. The van der Waals surface area contributed by atoms with Crippen molar-refractivity contribution in [3.63, 3.8) is 0 Å². The van der Waals surface area contributed by atoms with Gasteiger partial charge in [0.05, 0.1) is 6.61 Å². The molecule has 1 aromatic heterocycles. The van der Waals surface area contributed by atoms with Crippen LogP contribution < -0.4 is 10.1 Å². The number of ether oxygens (including phenoxy) is 1. The number of anilines is 1. The first kappa shape index (κ1) is 12.0. The standard InChI is InChI=1S/C13H12N3O2/c1-2-18-13-14-7-11(8-15-13)10-4-3-5-12(6-10)16-9-17/h3-8H,2H2,1H3,(H,16,17). The molecule has 5 nitrogen and oxygen atoms in total. The van der Waals surface area contributed by atoms with Crippen LogP contribution in [0, 0.1) is 0 Å². The van der Waals surface area contributed by atoms with Gasteiger partial charge < -0.3 is 10.1 Å². The summed E-state index contributed by atoms with van der Waals surface area (Å²) in [7, 11) is 0. The van der Waals surface area contributed by atoms with E-state index in [-0.39, 0.29) is 0 Å². The molecule has 1 aromatic carbocycles. The van der Waals surface area contributed by atoms with E-state index in [1.54, 1.807) is 24.9 Å². The van der Waals surface area contributed by atoms with Gasteiger partial charge in [0.15, 0.2) is 0 Å². The molecular weight excluding hydrogens is 230 g/mol. The van der Waals surface area contributed by atoms with Gasteiger partial charge in [-0.15, -0.1) is 0 Å². The Balaban J connectivity index is 2.24. The SMILES string of the molecule is CCOc1ncc(-c2cccc(N[C]=O)c2)cn1. The Morgan fingerprint density at radius 1 is 1.28 bits per heavy atom. The van der Waals surface area contributed by atoms with Crippen molar-refractivity contribution < 1.29 is 9.53 Å². The highest BCUT2D eigenvalue weighted by Gasteiger charge is 2.02. The van der Waals surface area contributed by atoms with E-state index in [2.05, 4.69) is 15.3 Å². The van der Waals surface area contributed by atoms with E-state index in [1.807, 2.05) is 25.1 Å². The Labute approximate surface area is 105 Å². The van der Waals surface area contributed by atoms with E-state index in [0.29, 0.717) is 18.3 Å². The maximum absolute atomic E-state index is 10.3. The van der Waals surface area contributed by atoms with E-state index >= 15 is 0 Å². The van der Waals surface area contributed by atoms with Crippen LogP contribution in [0.4, 0.5) is 5.69 Å². The first-order valence-electron chi connectivity index (χ1n) is 5.52. The molecule has 1 radical (unpaired) electrons. The highest BCUT2D eigenvalue weighted by molar-refractivity contribution is 5.75. The molecule has 0 unspecified atom stereocenters. The van der Waals surface area contributed by atoms with Crippen LogP contribution in [0.1, 0.15) is 6.92 Å². The number of amides is 1. The molecule has 0 atom stereocenters. The zero-order chi connectivity index (χ0) is 12.8. The molecule has 1 heterocycles. The molecule has 0 aliphatic heterocycles. The Morgan fingerprint density at radius 3 is 2.72 bits per heavy atom.